The second-order valence-electron chi connectivity index (χ2n) is 6.28. The zero-order valence-corrected chi connectivity index (χ0v) is 12.7. The summed E-state index contributed by atoms with van der Waals surface area (Å²) < 4.78 is 5.27. The maximum absolute atomic E-state index is 11.9. The first-order valence-corrected chi connectivity index (χ1v) is 7.95. The van der Waals surface area contributed by atoms with E-state index >= 15 is 0 Å². The molecule has 2 aliphatic rings. The van der Waals surface area contributed by atoms with Gasteiger partial charge < -0.3 is 15.4 Å². The van der Waals surface area contributed by atoms with Gasteiger partial charge in [-0.3, -0.25) is 4.79 Å². The van der Waals surface area contributed by atoms with Gasteiger partial charge in [-0.2, -0.15) is 0 Å². The summed E-state index contributed by atoms with van der Waals surface area (Å²) in [6.45, 7) is 2.10. The van der Waals surface area contributed by atoms with E-state index in [0.29, 0.717) is 24.6 Å². The van der Waals surface area contributed by atoms with Crippen LogP contribution >= 0.6 is 0 Å². The molecule has 1 atom stereocenters. The van der Waals surface area contributed by atoms with Gasteiger partial charge in [-0.05, 0) is 55.9 Å². The predicted molar refractivity (Wildman–Crippen MR) is 83.6 cm³/mol. The Kier molecular flexibility index (Phi) is 4.32. The average Bonchev–Trinajstić information content (AvgIpc) is 3.37. The number of amides is 1. The van der Waals surface area contributed by atoms with Crippen LogP contribution in [0.15, 0.2) is 24.3 Å². The Balaban J connectivity index is 1.60. The van der Waals surface area contributed by atoms with E-state index in [9.17, 15) is 9.59 Å². The van der Waals surface area contributed by atoms with E-state index in [-0.39, 0.29) is 17.8 Å². The maximum Gasteiger partial charge on any atom is 0.338 e. The number of piperidine rings is 1. The second-order valence-corrected chi connectivity index (χ2v) is 6.28. The number of hydrogen-bond donors (Lipinski definition) is 1. The average molecular weight is 302 g/mol. The minimum atomic E-state index is -0.257. The van der Waals surface area contributed by atoms with E-state index in [2.05, 4.69) is 4.90 Å². The lowest BCUT2D eigenvalue weighted by molar-refractivity contribution is -0.122. The SMILES string of the molecule is NC(=O)[C@@H]1CCCN(c2ccc(C(=O)OCC3CC3)cc2)C1. The van der Waals surface area contributed by atoms with Crippen LogP contribution in [-0.2, 0) is 9.53 Å². The number of anilines is 1. The van der Waals surface area contributed by atoms with E-state index in [0.717, 1.165) is 25.1 Å². The van der Waals surface area contributed by atoms with Crippen LogP contribution in [0.5, 0.6) is 0 Å². The number of carbonyl (C=O) groups excluding carboxylic acids is 2. The minimum Gasteiger partial charge on any atom is -0.462 e. The van der Waals surface area contributed by atoms with Crippen molar-refractivity contribution in [2.75, 3.05) is 24.6 Å². The summed E-state index contributed by atoms with van der Waals surface area (Å²) >= 11 is 0. The van der Waals surface area contributed by atoms with E-state index in [1.54, 1.807) is 12.1 Å². The van der Waals surface area contributed by atoms with Crippen molar-refractivity contribution in [2.45, 2.75) is 25.7 Å². The normalized spacial score (nSPS) is 21.5. The third-order valence-electron chi connectivity index (χ3n) is 4.44. The molecule has 0 bridgehead atoms. The molecule has 1 heterocycles. The van der Waals surface area contributed by atoms with Crippen molar-refractivity contribution in [3.63, 3.8) is 0 Å². The smallest absolute Gasteiger partial charge is 0.338 e. The van der Waals surface area contributed by atoms with Gasteiger partial charge in [0.2, 0.25) is 5.91 Å². The highest BCUT2D eigenvalue weighted by molar-refractivity contribution is 5.89. The van der Waals surface area contributed by atoms with Crippen LogP contribution in [0.25, 0.3) is 0 Å². The Hall–Kier alpha value is -2.04. The number of esters is 1. The number of carbonyl (C=O) groups is 2. The largest absolute Gasteiger partial charge is 0.462 e. The molecular formula is C17H22N2O3. The lowest BCUT2D eigenvalue weighted by Gasteiger charge is -2.33. The first-order valence-electron chi connectivity index (χ1n) is 7.95. The lowest BCUT2D eigenvalue weighted by Crippen LogP contribution is -2.41. The molecule has 5 heteroatoms. The van der Waals surface area contributed by atoms with Gasteiger partial charge in [0, 0.05) is 18.8 Å². The summed E-state index contributed by atoms with van der Waals surface area (Å²) in [6.07, 6.45) is 4.15. The molecule has 0 radical (unpaired) electrons. The summed E-state index contributed by atoms with van der Waals surface area (Å²) in [4.78, 5) is 25.4. The van der Waals surface area contributed by atoms with Gasteiger partial charge in [-0.15, -0.1) is 0 Å². The topological polar surface area (TPSA) is 72.6 Å². The lowest BCUT2D eigenvalue weighted by atomic mass is 9.97. The summed E-state index contributed by atoms with van der Waals surface area (Å²) in [6, 6.07) is 7.41. The van der Waals surface area contributed by atoms with Crippen LogP contribution in [-0.4, -0.2) is 31.6 Å². The summed E-state index contributed by atoms with van der Waals surface area (Å²) in [5, 5.41) is 0. The molecule has 0 spiro atoms. The van der Waals surface area contributed by atoms with E-state index in [1.807, 2.05) is 12.1 Å². The molecule has 1 saturated carbocycles. The third kappa shape index (κ3) is 3.59. The maximum atomic E-state index is 11.9. The molecule has 0 unspecified atom stereocenters. The Morgan fingerprint density at radius 3 is 2.55 bits per heavy atom. The molecule has 118 valence electrons. The second kappa shape index (κ2) is 6.38. The number of nitrogens with two attached hydrogens (primary N) is 1. The molecule has 2 N–H and O–H groups in total. The summed E-state index contributed by atoms with van der Waals surface area (Å²) in [5.74, 6) is -0.00341. The molecule has 5 nitrogen and oxygen atoms in total. The molecule has 1 aromatic carbocycles. The number of rotatable bonds is 5. The van der Waals surface area contributed by atoms with Crippen LogP contribution < -0.4 is 10.6 Å². The Morgan fingerprint density at radius 2 is 1.91 bits per heavy atom. The fourth-order valence-corrected chi connectivity index (χ4v) is 2.81. The van der Waals surface area contributed by atoms with Crippen molar-refractivity contribution in [3.05, 3.63) is 29.8 Å². The molecule has 22 heavy (non-hydrogen) atoms. The Morgan fingerprint density at radius 1 is 1.18 bits per heavy atom. The highest BCUT2D eigenvalue weighted by Gasteiger charge is 2.25. The molecule has 2 fully saturated rings. The molecule has 0 aromatic heterocycles. The first-order chi connectivity index (χ1) is 10.6. The number of hydrogen-bond acceptors (Lipinski definition) is 4. The summed E-state index contributed by atoms with van der Waals surface area (Å²) in [5.41, 5.74) is 7.00. The zero-order chi connectivity index (χ0) is 15.5. The van der Waals surface area contributed by atoms with Gasteiger partial charge in [0.15, 0.2) is 0 Å². The van der Waals surface area contributed by atoms with Crippen molar-refractivity contribution in [1.82, 2.24) is 0 Å². The number of benzene rings is 1. The zero-order valence-electron chi connectivity index (χ0n) is 12.7. The molecule has 3 rings (SSSR count). The van der Waals surface area contributed by atoms with E-state index in [1.165, 1.54) is 12.8 Å². The quantitative estimate of drug-likeness (QED) is 0.844. The minimum absolute atomic E-state index is 0.0862. The van der Waals surface area contributed by atoms with Crippen LogP contribution in [0.1, 0.15) is 36.0 Å². The fourth-order valence-electron chi connectivity index (χ4n) is 2.81. The molecule has 1 amide bonds. The van der Waals surface area contributed by atoms with Crippen molar-refractivity contribution < 1.29 is 14.3 Å². The number of ether oxygens (including phenoxy) is 1. The molecule has 1 saturated heterocycles. The van der Waals surface area contributed by atoms with Gasteiger partial charge >= 0.3 is 5.97 Å². The standard InChI is InChI=1S/C17H22N2O3/c18-16(20)14-2-1-9-19(10-14)15-7-5-13(6-8-15)17(21)22-11-12-3-4-12/h5-8,12,14H,1-4,9-11H2,(H2,18,20)/t14-/m1/s1. The van der Waals surface area contributed by atoms with Crippen LogP contribution in [0, 0.1) is 11.8 Å². The van der Waals surface area contributed by atoms with Gasteiger partial charge in [-0.25, -0.2) is 4.79 Å². The van der Waals surface area contributed by atoms with E-state index in [4.69, 9.17) is 10.5 Å². The Bertz CT molecular complexity index is 552. The molecule has 1 aliphatic heterocycles. The summed E-state index contributed by atoms with van der Waals surface area (Å²) in [7, 11) is 0. The van der Waals surface area contributed by atoms with Gasteiger partial charge in [0.05, 0.1) is 18.1 Å². The van der Waals surface area contributed by atoms with Crippen LogP contribution in [0.2, 0.25) is 0 Å². The molecule has 1 aliphatic carbocycles. The van der Waals surface area contributed by atoms with Crippen molar-refractivity contribution >= 4 is 17.6 Å². The first kappa shape index (κ1) is 14.9. The number of primary amides is 1. The molecule has 1 aromatic rings. The van der Waals surface area contributed by atoms with Gasteiger partial charge in [0.1, 0.15) is 0 Å². The van der Waals surface area contributed by atoms with Gasteiger partial charge in [0.25, 0.3) is 0 Å². The highest BCUT2D eigenvalue weighted by atomic mass is 16.5. The van der Waals surface area contributed by atoms with Gasteiger partial charge in [-0.1, -0.05) is 0 Å². The predicted octanol–water partition coefficient (Wildman–Crippen LogP) is 1.96. The highest BCUT2D eigenvalue weighted by Crippen LogP contribution is 2.29. The monoisotopic (exact) mass is 302 g/mol. The number of nitrogens with zero attached hydrogens (tertiary/aromatic N) is 1. The van der Waals surface area contributed by atoms with Crippen molar-refractivity contribution in [3.8, 4) is 0 Å². The third-order valence-corrected chi connectivity index (χ3v) is 4.44. The molecular weight excluding hydrogens is 280 g/mol. The van der Waals surface area contributed by atoms with Crippen LogP contribution in [0.4, 0.5) is 5.69 Å². The van der Waals surface area contributed by atoms with Crippen molar-refractivity contribution in [2.24, 2.45) is 17.6 Å². The Labute approximate surface area is 130 Å². The van der Waals surface area contributed by atoms with Crippen LogP contribution in [0.3, 0.4) is 0 Å². The van der Waals surface area contributed by atoms with Crippen molar-refractivity contribution in [1.29, 1.82) is 0 Å². The fraction of sp³-hybridized carbons (Fsp3) is 0.529. The van der Waals surface area contributed by atoms with E-state index < -0.39 is 0 Å².